The summed E-state index contributed by atoms with van der Waals surface area (Å²) in [6.07, 6.45) is 1.59. The Balaban J connectivity index is 2.59. The molecule has 0 spiro atoms. The van der Waals surface area contributed by atoms with Crippen molar-refractivity contribution in [2.45, 2.75) is 19.4 Å². The first-order chi connectivity index (χ1) is 4.77. The van der Waals surface area contributed by atoms with Crippen LogP contribution in [0.5, 0.6) is 0 Å². The lowest BCUT2D eigenvalue weighted by molar-refractivity contribution is -0.118. The highest BCUT2D eigenvalue weighted by Crippen LogP contribution is 2.19. The minimum absolute atomic E-state index is 0.174. The number of nitriles is 1. The monoisotopic (exact) mass is 138 g/mol. The Kier molecular flexibility index (Phi) is 1.91. The van der Waals surface area contributed by atoms with Crippen LogP contribution in [0.1, 0.15) is 13.3 Å². The Morgan fingerprint density at radius 1 is 1.80 bits per heavy atom. The Hall–Kier alpha value is -1.04. The quantitative estimate of drug-likeness (QED) is 0.491. The van der Waals surface area contributed by atoms with E-state index in [1.807, 2.05) is 6.92 Å². The number of carbonyl (C=O) groups is 1. The summed E-state index contributed by atoms with van der Waals surface area (Å²) >= 11 is 0. The van der Waals surface area contributed by atoms with E-state index in [4.69, 9.17) is 5.26 Å². The summed E-state index contributed by atoms with van der Waals surface area (Å²) in [5.74, 6) is 0.481. The van der Waals surface area contributed by atoms with Crippen molar-refractivity contribution >= 4 is 6.41 Å². The zero-order valence-corrected chi connectivity index (χ0v) is 5.95. The fourth-order valence-electron chi connectivity index (χ4n) is 1.32. The number of rotatable bonds is 1. The van der Waals surface area contributed by atoms with Crippen molar-refractivity contribution in [3.05, 3.63) is 0 Å². The van der Waals surface area contributed by atoms with Gasteiger partial charge in [0.15, 0.2) is 0 Å². The van der Waals surface area contributed by atoms with Gasteiger partial charge in [0.1, 0.15) is 6.04 Å². The predicted molar refractivity (Wildman–Crippen MR) is 36.0 cm³/mol. The van der Waals surface area contributed by atoms with Crippen molar-refractivity contribution in [1.29, 1.82) is 5.26 Å². The summed E-state index contributed by atoms with van der Waals surface area (Å²) in [4.78, 5) is 11.9. The average Bonchev–Trinajstić information content (AvgIpc) is 2.30. The molecule has 0 aliphatic carbocycles. The maximum atomic E-state index is 10.3. The lowest BCUT2D eigenvalue weighted by atomic mass is 10.1. The Morgan fingerprint density at radius 3 is 2.90 bits per heavy atom. The van der Waals surface area contributed by atoms with E-state index in [-0.39, 0.29) is 6.04 Å². The second-order valence-corrected chi connectivity index (χ2v) is 2.79. The predicted octanol–water partition coefficient (Wildman–Crippen LogP) is 0.377. The van der Waals surface area contributed by atoms with Gasteiger partial charge in [0.2, 0.25) is 6.41 Å². The molecule has 10 heavy (non-hydrogen) atoms. The molecule has 1 amide bonds. The van der Waals surface area contributed by atoms with Crippen LogP contribution in [0, 0.1) is 17.2 Å². The molecule has 1 heterocycles. The van der Waals surface area contributed by atoms with E-state index in [0.29, 0.717) is 5.92 Å². The maximum Gasteiger partial charge on any atom is 0.210 e. The topological polar surface area (TPSA) is 44.1 Å². The van der Waals surface area contributed by atoms with E-state index < -0.39 is 0 Å². The van der Waals surface area contributed by atoms with Gasteiger partial charge in [-0.1, -0.05) is 6.92 Å². The van der Waals surface area contributed by atoms with Crippen LogP contribution in [0.4, 0.5) is 0 Å². The van der Waals surface area contributed by atoms with E-state index in [1.54, 1.807) is 4.90 Å². The maximum absolute atomic E-state index is 10.3. The molecule has 1 fully saturated rings. The highest BCUT2D eigenvalue weighted by Gasteiger charge is 2.27. The largest absolute Gasteiger partial charge is 0.329 e. The SMILES string of the molecule is CC1C[C@@H](C#N)N(C=O)C1. The van der Waals surface area contributed by atoms with Crippen LogP contribution in [0.15, 0.2) is 0 Å². The normalized spacial score (nSPS) is 31.8. The molecule has 1 rings (SSSR count). The molecule has 3 heteroatoms. The molecular weight excluding hydrogens is 128 g/mol. The first-order valence-electron chi connectivity index (χ1n) is 3.38. The van der Waals surface area contributed by atoms with Gasteiger partial charge in [0.25, 0.3) is 0 Å². The second-order valence-electron chi connectivity index (χ2n) is 2.79. The summed E-state index contributed by atoms with van der Waals surface area (Å²) < 4.78 is 0. The molecule has 54 valence electrons. The molecule has 1 saturated heterocycles. The fourth-order valence-corrected chi connectivity index (χ4v) is 1.32. The first-order valence-corrected chi connectivity index (χ1v) is 3.38. The third-order valence-corrected chi connectivity index (χ3v) is 1.83. The van der Waals surface area contributed by atoms with Gasteiger partial charge in [0.05, 0.1) is 6.07 Å². The average molecular weight is 138 g/mol. The Bertz CT molecular complexity index is 173. The first kappa shape index (κ1) is 7.07. The van der Waals surface area contributed by atoms with Gasteiger partial charge < -0.3 is 4.90 Å². The molecule has 0 N–H and O–H groups in total. The summed E-state index contributed by atoms with van der Waals surface area (Å²) in [6, 6.07) is 1.92. The molecule has 1 aliphatic rings. The smallest absolute Gasteiger partial charge is 0.210 e. The highest BCUT2D eigenvalue weighted by atomic mass is 16.1. The van der Waals surface area contributed by atoms with Crippen molar-refractivity contribution in [3.63, 3.8) is 0 Å². The standard InChI is InChI=1S/C7H10N2O/c1-6-2-7(3-8)9(4-6)5-10/h5-7H,2,4H2,1H3/t6?,7-/m0/s1. The molecular formula is C7H10N2O. The minimum Gasteiger partial charge on any atom is -0.329 e. The Labute approximate surface area is 60.2 Å². The number of hydrogen-bond acceptors (Lipinski definition) is 2. The van der Waals surface area contributed by atoms with Crippen molar-refractivity contribution in [3.8, 4) is 6.07 Å². The number of carbonyl (C=O) groups excluding carboxylic acids is 1. The van der Waals surface area contributed by atoms with Crippen LogP contribution >= 0.6 is 0 Å². The van der Waals surface area contributed by atoms with Gasteiger partial charge in [-0.15, -0.1) is 0 Å². The molecule has 2 atom stereocenters. The van der Waals surface area contributed by atoms with Crippen LogP contribution in [0.3, 0.4) is 0 Å². The molecule has 0 aromatic rings. The van der Waals surface area contributed by atoms with E-state index in [0.717, 1.165) is 19.4 Å². The van der Waals surface area contributed by atoms with Crippen molar-refractivity contribution in [2.75, 3.05) is 6.54 Å². The van der Waals surface area contributed by atoms with Crippen molar-refractivity contribution < 1.29 is 4.79 Å². The van der Waals surface area contributed by atoms with E-state index >= 15 is 0 Å². The zero-order valence-electron chi connectivity index (χ0n) is 5.95. The molecule has 0 aromatic carbocycles. The molecule has 0 radical (unpaired) electrons. The van der Waals surface area contributed by atoms with Crippen molar-refractivity contribution in [2.24, 2.45) is 5.92 Å². The van der Waals surface area contributed by atoms with Gasteiger partial charge in [-0.05, 0) is 12.3 Å². The van der Waals surface area contributed by atoms with Gasteiger partial charge in [0, 0.05) is 6.54 Å². The lowest BCUT2D eigenvalue weighted by Gasteiger charge is -2.10. The van der Waals surface area contributed by atoms with Crippen LogP contribution in [0.2, 0.25) is 0 Å². The van der Waals surface area contributed by atoms with Crippen LogP contribution < -0.4 is 0 Å². The summed E-state index contributed by atoms with van der Waals surface area (Å²) in [5, 5.41) is 8.53. The van der Waals surface area contributed by atoms with Crippen LogP contribution in [-0.4, -0.2) is 23.9 Å². The van der Waals surface area contributed by atoms with E-state index in [9.17, 15) is 4.79 Å². The van der Waals surface area contributed by atoms with Crippen LogP contribution in [-0.2, 0) is 4.79 Å². The zero-order chi connectivity index (χ0) is 7.56. The number of hydrogen-bond donors (Lipinski definition) is 0. The third kappa shape index (κ3) is 1.10. The van der Waals surface area contributed by atoms with E-state index in [1.165, 1.54) is 0 Å². The summed E-state index contributed by atoms with van der Waals surface area (Å²) in [5.41, 5.74) is 0. The highest BCUT2D eigenvalue weighted by molar-refractivity contribution is 5.49. The second kappa shape index (κ2) is 2.70. The number of nitrogens with zero attached hydrogens (tertiary/aromatic N) is 2. The molecule has 1 aliphatic heterocycles. The van der Waals surface area contributed by atoms with Gasteiger partial charge >= 0.3 is 0 Å². The molecule has 3 nitrogen and oxygen atoms in total. The van der Waals surface area contributed by atoms with Crippen molar-refractivity contribution in [1.82, 2.24) is 4.90 Å². The number of likely N-dealkylation sites (tertiary alicyclic amines) is 1. The minimum atomic E-state index is -0.174. The summed E-state index contributed by atoms with van der Waals surface area (Å²) in [7, 11) is 0. The van der Waals surface area contributed by atoms with E-state index in [2.05, 4.69) is 6.07 Å². The molecule has 0 bridgehead atoms. The fraction of sp³-hybridized carbons (Fsp3) is 0.714. The Morgan fingerprint density at radius 2 is 2.50 bits per heavy atom. The molecule has 1 unspecified atom stereocenters. The molecule has 0 saturated carbocycles. The third-order valence-electron chi connectivity index (χ3n) is 1.83. The van der Waals surface area contributed by atoms with Gasteiger partial charge in [-0.25, -0.2) is 0 Å². The lowest BCUT2D eigenvalue weighted by Crippen LogP contribution is -2.26. The number of amides is 1. The van der Waals surface area contributed by atoms with Gasteiger partial charge in [-0.3, -0.25) is 4.79 Å². The van der Waals surface area contributed by atoms with Gasteiger partial charge in [-0.2, -0.15) is 5.26 Å². The summed E-state index contributed by atoms with van der Waals surface area (Å²) in [6.45, 7) is 2.79. The van der Waals surface area contributed by atoms with Crippen LogP contribution in [0.25, 0.3) is 0 Å². The molecule has 0 aromatic heterocycles.